The summed E-state index contributed by atoms with van der Waals surface area (Å²) in [4.78, 5) is 22.6. The molecule has 104 valence electrons. The van der Waals surface area contributed by atoms with Gasteiger partial charge < -0.3 is 15.7 Å². The lowest BCUT2D eigenvalue weighted by Gasteiger charge is -2.18. The molecule has 19 heavy (non-hydrogen) atoms. The fourth-order valence-corrected chi connectivity index (χ4v) is 1.56. The number of aliphatic carboxylic acids is 1. The van der Waals surface area contributed by atoms with Gasteiger partial charge in [0.05, 0.1) is 5.69 Å². The molecule has 1 aromatic rings. The van der Waals surface area contributed by atoms with Crippen LogP contribution in [0, 0.1) is 18.7 Å². The van der Waals surface area contributed by atoms with Crippen LogP contribution in [0.15, 0.2) is 18.2 Å². The average Bonchev–Trinajstić information content (AvgIpc) is 2.31. The Hall–Kier alpha value is -2.11. The largest absolute Gasteiger partial charge is 0.480 e. The smallest absolute Gasteiger partial charge is 0.326 e. The second-order valence-electron chi connectivity index (χ2n) is 4.59. The highest BCUT2D eigenvalue weighted by molar-refractivity contribution is 5.92. The van der Waals surface area contributed by atoms with Crippen LogP contribution in [0.4, 0.5) is 14.9 Å². The maximum atomic E-state index is 13.7. The summed E-state index contributed by atoms with van der Waals surface area (Å²) >= 11 is 0. The molecule has 6 heteroatoms. The van der Waals surface area contributed by atoms with Crippen molar-refractivity contribution in [3.05, 3.63) is 29.6 Å². The van der Waals surface area contributed by atoms with E-state index in [-0.39, 0.29) is 11.6 Å². The van der Waals surface area contributed by atoms with Crippen molar-refractivity contribution >= 4 is 17.7 Å². The number of aryl methyl sites for hydroxylation is 1. The number of benzene rings is 1. The third-order valence-electron chi connectivity index (χ3n) is 2.66. The first-order valence-electron chi connectivity index (χ1n) is 5.88. The van der Waals surface area contributed by atoms with Gasteiger partial charge in [-0.15, -0.1) is 0 Å². The van der Waals surface area contributed by atoms with Gasteiger partial charge in [-0.1, -0.05) is 26.0 Å². The van der Waals surface area contributed by atoms with E-state index in [1.165, 1.54) is 6.07 Å². The van der Waals surface area contributed by atoms with Crippen molar-refractivity contribution in [1.29, 1.82) is 0 Å². The Balaban J connectivity index is 2.75. The fourth-order valence-electron chi connectivity index (χ4n) is 1.56. The van der Waals surface area contributed by atoms with Gasteiger partial charge in [0.1, 0.15) is 11.9 Å². The highest BCUT2D eigenvalue weighted by atomic mass is 19.1. The van der Waals surface area contributed by atoms with Gasteiger partial charge in [0, 0.05) is 0 Å². The average molecular weight is 268 g/mol. The lowest BCUT2D eigenvalue weighted by atomic mass is 10.1. The van der Waals surface area contributed by atoms with Gasteiger partial charge in [0.2, 0.25) is 0 Å². The summed E-state index contributed by atoms with van der Waals surface area (Å²) in [7, 11) is 0. The van der Waals surface area contributed by atoms with Crippen molar-refractivity contribution in [2.75, 3.05) is 5.32 Å². The van der Waals surface area contributed by atoms with Crippen LogP contribution in [-0.2, 0) is 4.79 Å². The van der Waals surface area contributed by atoms with E-state index in [1.807, 2.05) is 0 Å². The summed E-state index contributed by atoms with van der Waals surface area (Å²) in [6.07, 6.45) is 0. The summed E-state index contributed by atoms with van der Waals surface area (Å²) in [5, 5.41) is 13.5. The number of carbonyl (C=O) groups is 2. The highest BCUT2D eigenvalue weighted by Gasteiger charge is 2.23. The van der Waals surface area contributed by atoms with Crippen LogP contribution in [0.1, 0.15) is 19.4 Å². The normalized spacial score (nSPS) is 12.1. The Morgan fingerprint density at radius 3 is 2.47 bits per heavy atom. The van der Waals surface area contributed by atoms with Crippen LogP contribution >= 0.6 is 0 Å². The van der Waals surface area contributed by atoms with E-state index in [4.69, 9.17) is 5.11 Å². The van der Waals surface area contributed by atoms with E-state index in [1.54, 1.807) is 32.9 Å². The lowest BCUT2D eigenvalue weighted by molar-refractivity contribution is -0.140. The van der Waals surface area contributed by atoms with Crippen molar-refractivity contribution in [3.8, 4) is 0 Å². The number of halogens is 1. The molecule has 0 fully saturated rings. The molecule has 0 bridgehead atoms. The first-order chi connectivity index (χ1) is 8.82. The molecule has 5 nitrogen and oxygen atoms in total. The molecule has 0 saturated carbocycles. The number of carbonyl (C=O) groups excluding carboxylic acids is 1. The van der Waals surface area contributed by atoms with E-state index < -0.39 is 23.9 Å². The molecule has 0 saturated heterocycles. The Bertz CT molecular complexity index is 489. The van der Waals surface area contributed by atoms with Gasteiger partial charge >= 0.3 is 12.0 Å². The Morgan fingerprint density at radius 1 is 1.32 bits per heavy atom. The van der Waals surface area contributed by atoms with E-state index in [0.717, 1.165) is 0 Å². The Kier molecular flexibility index (Phi) is 4.86. The topological polar surface area (TPSA) is 78.4 Å². The predicted octanol–water partition coefficient (Wildman–Crippen LogP) is 2.36. The molecular formula is C13H17FN2O3. The van der Waals surface area contributed by atoms with Crippen LogP contribution in [0.25, 0.3) is 0 Å². The molecule has 0 aromatic heterocycles. The predicted molar refractivity (Wildman–Crippen MR) is 69.6 cm³/mol. The first kappa shape index (κ1) is 14.9. The number of hydrogen-bond acceptors (Lipinski definition) is 2. The summed E-state index contributed by atoms with van der Waals surface area (Å²) in [5.41, 5.74) is 0.418. The van der Waals surface area contributed by atoms with Crippen molar-refractivity contribution in [2.24, 2.45) is 5.92 Å². The Morgan fingerprint density at radius 2 is 1.95 bits per heavy atom. The molecule has 2 amide bonds. The second-order valence-corrected chi connectivity index (χ2v) is 4.59. The number of rotatable bonds is 4. The van der Waals surface area contributed by atoms with Gasteiger partial charge in [0.25, 0.3) is 0 Å². The number of hydrogen-bond donors (Lipinski definition) is 3. The number of anilines is 1. The molecule has 0 unspecified atom stereocenters. The van der Waals surface area contributed by atoms with Crippen molar-refractivity contribution in [2.45, 2.75) is 26.8 Å². The SMILES string of the molecule is Cc1cccc(NC(=O)N[C@H](C(=O)O)C(C)C)c1F. The van der Waals surface area contributed by atoms with E-state index >= 15 is 0 Å². The summed E-state index contributed by atoms with van der Waals surface area (Å²) in [6, 6.07) is 2.82. The van der Waals surface area contributed by atoms with Crippen molar-refractivity contribution in [3.63, 3.8) is 0 Å². The summed E-state index contributed by atoms with van der Waals surface area (Å²) in [6.45, 7) is 4.92. The number of amides is 2. The molecule has 0 heterocycles. The molecule has 1 aromatic carbocycles. The van der Waals surface area contributed by atoms with Gasteiger partial charge in [-0.3, -0.25) is 0 Å². The number of nitrogens with one attached hydrogen (secondary N) is 2. The molecule has 0 aliphatic heterocycles. The summed E-state index contributed by atoms with van der Waals surface area (Å²) < 4.78 is 13.7. The molecule has 1 rings (SSSR count). The molecule has 1 atom stereocenters. The minimum absolute atomic E-state index is 0.0189. The van der Waals surface area contributed by atoms with Crippen LogP contribution in [0.2, 0.25) is 0 Å². The molecule has 0 radical (unpaired) electrons. The first-order valence-corrected chi connectivity index (χ1v) is 5.88. The maximum absolute atomic E-state index is 13.7. The third kappa shape index (κ3) is 3.94. The van der Waals surface area contributed by atoms with Crippen LogP contribution < -0.4 is 10.6 Å². The molecular weight excluding hydrogens is 251 g/mol. The molecule has 0 aliphatic rings. The van der Waals surface area contributed by atoms with Gasteiger partial charge in [-0.05, 0) is 24.5 Å². The quantitative estimate of drug-likeness (QED) is 0.784. The Labute approximate surface area is 110 Å². The van der Waals surface area contributed by atoms with Crippen molar-refractivity contribution < 1.29 is 19.1 Å². The van der Waals surface area contributed by atoms with Gasteiger partial charge in [-0.2, -0.15) is 0 Å². The number of urea groups is 1. The van der Waals surface area contributed by atoms with Gasteiger partial charge in [0.15, 0.2) is 0 Å². The standard InChI is InChI=1S/C13H17FN2O3/c1-7(2)11(12(17)18)16-13(19)15-9-6-4-5-8(3)10(9)14/h4-7,11H,1-3H3,(H,17,18)(H2,15,16,19)/t11-/m0/s1. The fraction of sp³-hybridized carbons (Fsp3) is 0.385. The van der Waals surface area contributed by atoms with E-state index in [9.17, 15) is 14.0 Å². The van der Waals surface area contributed by atoms with Gasteiger partial charge in [-0.25, -0.2) is 14.0 Å². The maximum Gasteiger partial charge on any atom is 0.326 e. The monoisotopic (exact) mass is 268 g/mol. The minimum Gasteiger partial charge on any atom is -0.480 e. The second kappa shape index (κ2) is 6.17. The molecule has 0 aliphatic carbocycles. The molecule has 0 spiro atoms. The number of carboxylic acids is 1. The zero-order valence-electron chi connectivity index (χ0n) is 11.0. The van der Waals surface area contributed by atoms with E-state index in [2.05, 4.69) is 10.6 Å². The summed E-state index contributed by atoms with van der Waals surface area (Å²) in [5.74, 6) is -1.94. The van der Waals surface area contributed by atoms with E-state index in [0.29, 0.717) is 5.56 Å². The van der Waals surface area contributed by atoms with Crippen LogP contribution in [0.3, 0.4) is 0 Å². The van der Waals surface area contributed by atoms with Crippen LogP contribution in [0.5, 0.6) is 0 Å². The van der Waals surface area contributed by atoms with Crippen molar-refractivity contribution in [1.82, 2.24) is 5.32 Å². The molecule has 3 N–H and O–H groups in total. The zero-order chi connectivity index (χ0) is 14.6. The highest BCUT2D eigenvalue weighted by Crippen LogP contribution is 2.16. The van der Waals surface area contributed by atoms with Crippen LogP contribution in [-0.4, -0.2) is 23.1 Å². The minimum atomic E-state index is -1.13. The zero-order valence-corrected chi connectivity index (χ0v) is 11.0. The third-order valence-corrected chi connectivity index (χ3v) is 2.66. The number of carboxylic acid groups (broad SMARTS) is 1. The lowest BCUT2D eigenvalue weighted by Crippen LogP contribution is -2.46.